The number of hydrogen-bond acceptors (Lipinski definition) is 3. The fourth-order valence-corrected chi connectivity index (χ4v) is 1.78. The van der Waals surface area contributed by atoms with Gasteiger partial charge in [-0.15, -0.1) is 0 Å². The van der Waals surface area contributed by atoms with Gasteiger partial charge in [0, 0.05) is 24.2 Å². The summed E-state index contributed by atoms with van der Waals surface area (Å²) in [5.74, 6) is 0.597. The van der Waals surface area contributed by atoms with E-state index >= 15 is 0 Å². The van der Waals surface area contributed by atoms with Crippen LogP contribution >= 0.6 is 0 Å². The molecule has 0 unspecified atom stereocenters. The molecule has 0 saturated carbocycles. The minimum Gasteiger partial charge on any atom is -0.508 e. The number of fused-ring (bicyclic) bond motifs is 1. The molecule has 1 aliphatic rings. The van der Waals surface area contributed by atoms with Crippen molar-refractivity contribution in [3.8, 4) is 11.5 Å². The van der Waals surface area contributed by atoms with Gasteiger partial charge in [0.1, 0.15) is 11.5 Å². The molecule has 0 aromatic heterocycles. The van der Waals surface area contributed by atoms with Crippen molar-refractivity contribution in [3.05, 3.63) is 23.3 Å². The van der Waals surface area contributed by atoms with Gasteiger partial charge in [-0.25, -0.2) is 0 Å². The summed E-state index contributed by atoms with van der Waals surface area (Å²) >= 11 is 0. The van der Waals surface area contributed by atoms with E-state index in [1.54, 1.807) is 12.1 Å². The third kappa shape index (κ3) is 1.35. The number of hydrogen-bond donors (Lipinski definition) is 2. The number of phenols is 2. The maximum absolute atomic E-state index is 9.56. The summed E-state index contributed by atoms with van der Waals surface area (Å²) in [5, 5.41) is 19.1. The Bertz CT molecular complexity index is 336. The van der Waals surface area contributed by atoms with Crippen LogP contribution < -0.4 is 0 Å². The van der Waals surface area contributed by atoms with Crippen LogP contribution in [0, 0.1) is 0 Å². The van der Waals surface area contributed by atoms with E-state index in [0.29, 0.717) is 11.5 Å². The molecule has 2 rings (SSSR count). The number of rotatable bonds is 0. The molecule has 0 radical (unpaired) electrons. The number of nitrogens with zero attached hydrogens (tertiary/aromatic N) is 1. The van der Waals surface area contributed by atoms with E-state index in [-0.39, 0.29) is 0 Å². The number of aromatic hydroxyl groups is 2. The summed E-state index contributed by atoms with van der Waals surface area (Å²) in [5.41, 5.74) is 1.77. The van der Waals surface area contributed by atoms with Crippen LogP contribution in [0.4, 0.5) is 0 Å². The smallest absolute Gasteiger partial charge is 0.120 e. The summed E-state index contributed by atoms with van der Waals surface area (Å²) in [6, 6.07) is 3.10. The maximum atomic E-state index is 9.56. The van der Waals surface area contributed by atoms with Crippen LogP contribution in [-0.2, 0) is 13.0 Å². The van der Waals surface area contributed by atoms with Gasteiger partial charge in [0.25, 0.3) is 0 Å². The quantitative estimate of drug-likeness (QED) is 0.586. The molecule has 13 heavy (non-hydrogen) atoms. The molecule has 0 aliphatic carbocycles. The van der Waals surface area contributed by atoms with Crippen LogP contribution in [0.2, 0.25) is 0 Å². The summed E-state index contributed by atoms with van der Waals surface area (Å²) in [6.45, 7) is 1.65. The predicted molar refractivity (Wildman–Crippen MR) is 49.8 cm³/mol. The zero-order chi connectivity index (χ0) is 9.42. The van der Waals surface area contributed by atoms with Gasteiger partial charge in [0.05, 0.1) is 0 Å². The van der Waals surface area contributed by atoms with E-state index in [2.05, 4.69) is 4.90 Å². The zero-order valence-electron chi connectivity index (χ0n) is 7.62. The lowest BCUT2D eigenvalue weighted by Crippen LogP contribution is -2.26. The molecule has 0 saturated heterocycles. The fourth-order valence-electron chi connectivity index (χ4n) is 1.78. The van der Waals surface area contributed by atoms with E-state index in [0.717, 1.165) is 30.6 Å². The van der Waals surface area contributed by atoms with Crippen molar-refractivity contribution in [1.29, 1.82) is 0 Å². The average Bonchev–Trinajstić information content (AvgIpc) is 2.12. The highest BCUT2D eigenvalue weighted by Crippen LogP contribution is 2.32. The molecule has 2 N–H and O–H groups in total. The molecule has 70 valence electrons. The number of benzene rings is 1. The van der Waals surface area contributed by atoms with Crippen LogP contribution in [-0.4, -0.2) is 28.7 Å². The molecule has 0 amide bonds. The largest absolute Gasteiger partial charge is 0.508 e. The lowest BCUT2D eigenvalue weighted by atomic mass is 9.98. The molecule has 0 bridgehead atoms. The first-order valence-electron chi connectivity index (χ1n) is 4.39. The molecule has 0 atom stereocenters. The third-order valence-corrected chi connectivity index (χ3v) is 2.55. The standard InChI is InChI=1S/C10H13NO2/c1-11-5-4-7-8(6-11)10(13)3-2-9(7)12/h2-3,12-13H,4-6H2,1H3. The fraction of sp³-hybridized carbons (Fsp3) is 0.400. The minimum absolute atomic E-state index is 0.291. The number of likely N-dealkylation sites (N-methyl/N-ethyl adjacent to an activating group) is 1. The van der Waals surface area contributed by atoms with Gasteiger partial charge < -0.3 is 15.1 Å². The molecule has 0 spiro atoms. The summed E-state index contributed by atoms with van der Waals surface area (Å²) < 4.78 is 0. The molecule has 1 aromatic rings. The second-order valence-corrected chi connectivity index (χ2v) is 3.55. The normalized spacial score (nSPS) is 17.0. The molecule has 1 aliphatic heterocycles. The Morgan fingerprint density at radius 3 is 2.46 bits per heavy atom. The monoisotopic (exact) mass is 179 g/mol. The van der Waals surface area contributed by atoms with Gasteiger partial charge >= 0.3 is 0 Å². The van der Waals surface area contributed by atoms with Crippen LogP contribution in [0.25, 0.3) is 0 Å². The van der Waals surface area contributed by atoms with Crippen molar-refractivity contribution in [1.82, 2.24) is 4.90 Å². The van der Waals surface area contributed by atoms with Crippen LogP contribution in [0.5, 0.6) is 11.5 Å². The van der Waals surface area contributed by atoms with Gasteiger partial charge in [-0.3, -0.25) is 0 Å². The van der Waals surface area contributed by atoms with Gasteiger partial charge in [-0.1, -0.05) is 0 Å². The first-order chi connectivity index (χ1) is 6.18. The predicted octanol–water partition coefficient (Wildman–Crippen LogP) is 1.09. The van der Waals surface area contributed by atoms with Gasteiger partial charge in [-0.05, 0) is 25.6 Å². The lowest BCUT2D eigenvalue weighted by molar-refractivity contribution is 0.300. The van der Waals surface area contributed by atoms with Crippen molar-refractivity contribution >= 4 is 0 Å². The Kier molecular flexibility index (Phi) is 1.88. The van der Waals surface area contributed by atoms with E-state index in [1.165, 1.54) is 0 Å². The lowest BCUT2D eigenvalue weighted by Gasteiger charge is -2.25. The Morgan fingerprint density at radius 2 is 1.77 bits per heavy atom. The van der Waals surface area contributed by atoms with Crippen molar-refractivity contribution < 1.29 is 10.2 Å². The maximum Gasteiger partial charge on any atom is 0.120 e. The van der Waals surface area contributed by atoms with Crippen LogP contribution in [0.15, 0.2) is 12.1 Å². The van der Waals surface area contributed by atoms with E-state index in [1.807, 2.05) is 7.05 Å². The highest BCUT2D eigenvalue weighted by Gasteiger charge is 2.18. The van der Waals surface area contributed by atoms with Gasteiger partial charge in [0.2, 0.25) is 0 Å². The molecule has 1 heterocycles. The first-order valence-corrected chi connectivity index (χ1v) is 4.39. The minimum atomic E-state index is 0.291. The zero-order valence-corrected chi connectivity index (χ0v) is 7.62. The van der Waals surface area contributed by atoms with Crippen molar-refractivity contribution in [2.24, 2.45) is 0 Å². The summed E-state index contributed by atoms with van der Waals surface area (Å²) in [7, 11) is 2.01. The van der Waals surface area contributed by atoms with E-state index < -0.39 is 0 Å². The number of phenolic OH excluding ortho intramolecular Hbond substituents is 2. The average molecular weight is 179 g/mol. The van der Waals surface area contributed by atoms with Crippen LogP contribution in [0.1, 0.15) is 11.1 Å². The highest BCUT2D eigenvalue weighted by atomic mass is 16.3. The molecule has 1 aromatic carbocycles. The van der Waals surface area contributed by atoms with Crippen molar-refractivity contribution in [2.45, 2.75) is 13.0 Å². The second kappa shape index (κ2) is 2.92. The second-order valence-electron chi connectivity index (χ2n) is 3.55. The molecular formula is C10H13NO2. The highest BCUT2D eigenvalue weighted by molar-refractivity contribution is 5.48. The molecule has 0 fully saturated rings. The Morgan fingerprint density at radius 1 is 1.15 bits per heavy atom. The van der Waals surface area contributed by atoms with E-state index in [4.69, 9.17) is 0 Å². The van der Waals surface area contributed by atoms with Gasteiger partial charge in [-0.2, -0.15) is 0 Å². The SMILES string of the molecule is CN1CCc2c(O)ccc(O)c2C1. The summed E-state index contributed by atoms with van der Waals surface area (Å²) in [6.07, 6.45) is 0.812. The Balaban J connectivity index is 2.51. The Hall–Kier alpha value is -1.22. The van der Waals surface area contributed by atoms with E-state index in [9.17, 15) is 10.2 Å². The topological polar surface area (TPSA) is 43.7 Å². The van der Waals surface area contributed by atoms with Crippen molar-refractivity contribution in [3.63, 3.8) is 0 Å². The Labute approximate surface area is 77.2 Å². The molecular weight excluding hydrogens is 166 g/mol. The van der Waals surface area contributed by atoms with Gasteiger partial charge in [0.15, 0.2) is 0 Å². The first kappa shape index (κ1) is 8.38. The molecule has 3 nitrogen and oxygen atoms in total. The van der Waals surface area contributed by atoms with Crippen LogP contribution in [0.3, 0.4) is 0 Å². The van der Waals surface area contributed by atoms with Crippen molar-refractivity contribution in [2.75, 3.05) is 13.6 Å². The third-order valence-electron chi connectivity index (χ3n) is 2.55. The molecule has 3 heteroatoms. The summed E-state index contributed by atoms with van der Waals surface area (Å²) in [4.78, 5) is 2.13.